The Balaban J connectivity index is 2.16. The lowest BCUT2D eigenvalue weighted by Gasteiger charge is -2.07. The van der Waals surface area contributed by atoms with Crippen LogP contribution in [0.2, 0.25) is 0 Å². The summed E-state index contributed by atoms with van der Waals surface area (Å²) in [5.41, 5.74) is 6.90. The highest BCUT2D eigenvalue weighted by Crippen LogP contribution is 2.09. The van der Waals surface area contributed by atoms with E-state index in [1.807, 2.05) is 0 Å². The van der Waals surface area contributed by atoms with Gasteiger partial charge in [-0.2, -0.15) is 0 Å². The predicted octanol–water partition coefficient (Wildman–Crippen LogP) is 2.88. The second-order valence-electron chi connectivity index (χ2n) is 5.59. The van der Waals surface area contributed by atoms with Gasteiger partial charge in [0.15, 0.2) is 0 Å². The van der Waals surface area contributed by atoms with Crippen molar-refractivity contribution >= 4 is 5.91 Å². The number of unbranched alkanes of at least 4 members (excludes halogenated alkanes) is 3. The molecule has 112 valence electrons. The Kier molecular flexibility index (Phi) is 7.88. The fourth-order valence-electron chi connectivity index (χ4n) is 2.07. The van der Waals surface area contributed by atoms with Crippen molar-refractivity contribution in [3.05, 3.63) is 29.6 Å². The lowest BCUT2D eigenvalue weighted by Crippen LogP contribution is -2.24. The molecule has 0 saturated heterocycles. The first kappa shape index (κ1) is 16.6. The molecule has 20 heavy (non-hydrogen) atoms. The molecule has 0 spiro atoms. The van der Waals surface area contributed by atoms with Crippen molar-refractivity contribution in [2.24, 2.45) is 11.7 Å². The summed E-state index contributed by atoms with van der Waals surface area (Å²) < 4.78 is 0. The maximum atomic E-state index is 11.9. The Morgan fingerprint density at radius 1 is 1.30 bits per heavy atom. The van der Waals surface area contributed by atoms with Gasteiger partial charge in [0, 0.05) is 24.8 Å². The van der Waals surface area contributed by atoms with Crippen LogP contribution in [0.15, 0.2) is 18.3 Å². The van der Waals surface area contributed by atoms with Crippen LogP contribution in [0.25, 0.3) is 0 Å². The van der Waals surface area contributed by atoms with E-state index >= 15 is 0 Å². The molecular weight excluding hydrogens is 250 g/mol. The first-order valence-electron chi connectivity index (χ1n) is 7.56. The minimum Gasteiger partial charge on any atom is -0.352 e. The number of carbonyl (C=O) groups is 1. The topological polar surface area (TPSA) is 68.0 Å². The van der Waals surface area contributed by atoms with Gasteiger partial charge in [-0.1, -0.05) is 39.5 Å². The normalized spacial score (nSPS) is 10.8. The van der Waals surface area contributed by atoms with E-state index in [-0.39, 0.29) is 5.91 Å². The maximum Gasteiger partial charge on any atom is 0.251 e. The monoisotopic (exact) mass is 277 g/mol. The third-order valence-electron chi connectivity index (χ3n) is 3.28. The number of hydrogen-bond donors (Lipinski definition) is 2. The summed E-state index contributed by atoms with van der Waals surface area (Å²) in [6, 6.07) is 3.47. The summed E-state index contributed by atoms with van der Waals surface area (Å²) in [5.74, 6) is 0.752. The molecular formula is C16H27N3O. The van der Waals surface area contributed by atoms with Gasteiger partial charge >= 0.3 is 0 Å². The average molecular weight is 277 g/mol. The zero-order chi connectivity index (χ0) is 14.8. The number of rotatable bonds is 9. The van der Waals surface area contributed by atoms with Gasteiger partial charge in [0.05, 0.1) is 5.69 Å². The molecule has 0 fully saturated rings. The molecule has 4 nitrogen and oxygen atoms in total. The molecule has 0 radical (unpaired) electrons. The zero-order valence-corrected chi connectivity index (χ0v) is 12.7. The second-order valence-corrected chi connectivity index (χ2v) is 5.59. The van der Waals surface area contributed by atoms with Gasteiger partial charge in [-0.15, -0.1) is 0 Å². The molecule has 1 aromatic heterocycles. The van der Waals surface area contributed by atoms with E-state index in [0.29, 0.717) is 12.1 Å². The molecule has 1 amide bonds. The van der Waals surface area contributed by atoms with Gasteiger partial charge in [0.2, 0.25) is 0 Å². The number of nitrogens with zero attached hydrogens (tertiary/aromatic N) is 1. The molecule has 1 rings (SSSR count). The van der Waals surface area contributed by atoms with E-state index in [2.05, 4.69) is 24.1 Å². The standard InChI is InChI=1S/C16H27N3O/c1-13(2)7-5-3-4-6-9-19-16(20)14-8-10-18-15(11-14)12-17/h8,10-11,13H,3-7,9,12,17H2,1-2H3,(H,19,20). The number of aromatic nitrogens is 1. The summed E-state index contributed by atoms with van der Waals surface area (Å²) in [4.78, 5) is 16.0. The Morgan fingerprint density at radius 3 is 2.75 bits per heavy atom. The predicted molar refractivity (Wildman–Crippen MR) is 82.4 cm³/mol. The Bertz CT molecular complexity index is 404. The van der Waals surface area contributed by atoms with Crippen molar-refractivity contribution in [1.29, 1.82) is 0 Å². The van der Waals surface area contributed by atoms with E-state index in [1.54, 1.807) is 18.3 Å². The molecule has 1 heterocycles. The molecule has 3 N–H and O–H groups in total. The van der Waals surface area contributed by atoms with Crippen molar-refractivity contribution < 1.29 is 4.79 Å². The largest absolute Gasteiger partial charge is 0.352 e. The van der Waals surface area contributed by atoms with Crippen LogP contribution in [-0.2, 0) is 6.54 Å². The fourth-order valence-corrected chi connectivity index (χ4v) is 2.07. The van der Waals surface area contributed by atoms with Gasteiger partial charge < -0.3 is 11.1 Å². The Labute approximate surface area is 122 Å². The van der Waals surface area contributed by atoms with Crippen LogP contribution in [0.3, 0.4) is 0 Å². The van der Waals surface area contributed by atoms with Crippen LogP contribution in [0.4, 0.5) is 0 Å². The van der Waals surface area contributed by atoms with Gasteiger partial charge in [0.1, 0.15) is 0 Å². The first-order valence-corrected chi connectivity index (χ1v) is 7.56. The highest BCUT2D eigenvalue weighted by atomic mass is 16.1. The van der Waals surface area contributed by atoms with E-state index < -0.39 is 0 Å². The summed E-state index contributed by atoms with van der Waals surface area (Å²) in [6.45, 7) is 5.60. The SMILES string of the molecule is CC(C)CCCCCCNC(=O)c1ccnc(CN)c1. The molecule has 0 aliphatic rings. The van der Waals surface area contributed by atoms with Crippen molar-refractivity contribution in [1.82, 2.24) is 10.3 Å². The van der Waals surface area contributed by atoms with Crippen LogP contribution >= 0.6 is 0 Å². The van der Waals surface area contributed by atoms with Gasteiger partial charge in [0.25, 0.3) is 5.91 Å². The van der Waals surface area contributed by atoms with Gasteiger partial charge in [-0.05, 0) is 24.5 Å². The lowest BCUT2D eigenvalue weighted by molar-refractivity contribution is 0.0952. The lowest BCUT2D eigenvalue weighted by atomic mass is 10.0. The van der Waals surface area contributed by atoms with Crippen molar-refractivity contribution in [3.8, 4) is 0 Å². The smallest absolute Gasteiger partial charge is 0.251 e. The number of hydrogen-bond acceptors (Lipinski definition) is 3. The van der Waals surface area contributed by atoms with E-state index in [1.165, 1.54) is 25.7 Å². The molecule has 4 heteroatoms. The zero-order valence-electron chi connectivity index (χ0n) is 12.7. The van der Waals surface area contributed by atoms with Crippen LogP contribution in [0, 0.1) is 5.92 Å². The number of pyridine rings is 1. The van der Waals surface area contributed by atoms with Crippen LogP contribution in [0.1, 0.15) is 62.0 Å². The van der Waals surface area contributed by atoms with Crippen LogP contribution in [0.5, 0.6) is 0 Å². The van der Waals surface area contributed by atoms with Crippen molar-refractivity contribution in [3.63, 3.8) is 0 Å². The maximum absolute atomic E-state index is 11.9. The molecule has 0 aromatic carbocycles. The highest BCUT2D eigenvalue weighted by molar-refractivity contribution is 5.94. The summed E-state index contributed by atoms with van der Waals surface area (Å²) in [7, 11) is 0. The molecule has 0 aliphatic carbocycles. The number of nitrogens with two attached hydrogens (primary N) is 1. The number of nitrogens with one attached hydrogen (secondary N) is 1. The highest BCUT2D eigenvalue weighted by Gasteiger charge is 2.05. The molecule has 0 bridgehead atoms. The molecule has 0 atom stereocenters. The third kappa shape index (κ3) is 6.66. The quantitative estimate of drug-likeness (QED) is 0.682. The van der Waals surface area contributed by atoms with Gasteiger partial charge in [-0.25, -0.2) is 0 Å². The molecule has 0 aliphatic heterocycles. The summed E-state index contributed by atoms with van der Waals surface area (Å²) in [6.07, 6.45) is 7.68. The van der Waals surface area contributed by atoms with E-state index in [4.69, 9.17) is 5.73 Å². The number of amides is 1. The van der Waals surface area contributed by atoms with Crippen LogP contribution in [-0.4, -0.2) is 17.4 Å². The average Bonchev–Trinajstić information content (AvgIpc) is 2.45. The Morgan fingerprint density at radius 2 is 2.05 bits per heavy atom. The minimum absolute atomic E-state index is 0.0377. The molecule has 1 aromatic rings. The van der Waals surface area contributed by atoms with E-state index in [9.17, 15) is 4.79 Å². The Hall–Kier alpha value is -1.42. The van der Waals surface area contributed by atoms with E-state index in [0.717, 1.165) is 24.6 Å². The first-order chi connectivity index (χ1) is 9.63. The summed E-state index contributed by atoms with van der Waals surface area (Å²) in [5, 5.41) is 2.94. The summed E-state index contributed by atoms with van der Waals surface area (Å²) >= 11 is 0. The fraction of sp³-hybridized carbons (Fsp3) is 0.625. The minimum atomic E-state index is -0.0377. The number of carbonyl (C=O) groups excluding carboxylic acids is 1. The van der Waals surface area contributed by atoms with Crippen molar-refractivity contribution in [2.75, 3.05) is 6.54 Å². The van der Waals surface area contributed by atoms with Crippen molar-refractivity contribution in [2.45, 2.75) is 52.5 Å². The molecule has 0 saturated carbocycles. The molecule has 0 unspecified atom stereocenters. The third-order valence-corrected chi connectivity index (χ3v) is 3.28. The second kappa shape index (κ2) is 9.48. The van der Waals surface area contributed by atoms with Gasteiger partial charge in [-0.3, -0.25) is 9.78 Å². The van der Waals surface area contributed by atoms with Crippen LogP contribution < -0.4 is 11.1 Å².